The second kappa shape index (κ2) is 6.31. The first-order valence-electron chi connectivity index (χ1n) is 7.11. The van der Waals surface area contributed by atoms with Crippen LogP contribution in [0.15, 0.2) is 60.8 Å². The molecule has 23 heavy (non-hydrogen) atoms. The monoisotopic (exact) mass is 309 g/mol. The van der Waals surface area contributed by atoms with Crippen LogP contribution in [0.2, 0.25) is 0 Å². The first-order valence-corrected chi connectivity index (χ1v) is 7.11. The summed E-state index contributed by atoms with van der Waals surface area (Å²) in [6, 6.07) is 16.3. The summed E-state index contributed by atoms with van der Waals surface area (Å²) in [6.07, 6.45) is 1.83. The van der Waals surface area contributed by atoms with Gasteiger partial charge in [0.2, 0.25) is 0 Å². The first kappa shape index (κ1) is 14.8. The van der Waals surface area contributed by atoms with Crippen LogP contribution < -0.4 is 4.74 Å². The van der Waals surface area contributed by atoms with Crippen LogP contribution in [0.3, 0.4) is 0 Å². The minimum atomic E-state index is -0.447. The number of nitro benzene ring substituents is 1. The topological polar surface area (TPSA) is 70.2 Å². The third-order valence-electron chi connectivity index (χ3n) is 3.35. The molecule has 0 aliphatic heterocycles. The van der Waals surface area contributed by atoms with E-state index in [0.717, 1.165) is 11.3 Å². The van der Waals surface area contributed by atoms with E-state index in [1.807, 2.05) is 49.5 Å². The van der Waals surface area contributed by atoms with Crippen LogP contribution in [0.25, 0.3) is 5.69 Å². The number of aryl methyl sites for hydroxylation is 1. The molecule has 0 spiro atoms. The van der Waals surface area contributed by atoms with Gasteiger partial charge < -0.3 is 4.74 Å². The third-order valence-corrected chi connectivity index (χ3v) is 3.35. The van der Waals surface area contributed by atoms with Gasteiger partial charge in [0.15, 0.2) is 5.75 Å². The Morgan fingerprint density at radius 3 is 2.70 bits per heavy atom. The summed E-state index contributed by atoms with van der Waals surface area (Å²) in [5.74, 6) is 0.254. The zero-order valence-corrected chi connectivity index (χ0v) is 12.5. The van der Waals surface area contributed by atoms with Gasteiger partial charge in [-0.15, -0.1) is 0 Å². The normalized spacial score (nSPS) is 10.5. The molecule has 116 valence electrons. The summed E-state index contributed by atoms with van der Waals surface area (Å²) in [5, 5.41) is 15.5. The largest absolute Gasteiger partial charge is 0.480 e. The summed E-state index contributed by atoms with van der Waals surface area (Å²) in [7, 11) is 0. The second-order valence-corrected chi connectivity index (χ2v) is 5.10. The highest BCUT2D eigenvalue weighted by atomic mass is 16.6. The van der Waals surface area contributed by atoms with Crippen LogP contribution in [0, 0.1) is 17.0 Å². The number of aromatic nitrogens is 2. The van der Waals surface area contributed by atoms with E-state index < -0.39 is 4.92 Å². The zero-order valence-electron chi connectivity index (χ0n) is 12.5. The van der Waals surface area contributed by atoms with Gasteiger partial charge in [0.1, 0.15) is 12.3 Å². The molecule has 0 aliphatic carbocycles. The number of nitrogens with zero attached hydrogens (tertiary/aromatic N) is 3. The number of hydrogen-bond donors (Lipinski definition) is 0. The van der Waals surface area contributed by atoms with Crippen LogP contribution in [0.5, 0.6) is 5.75 Å². The van der Waals surface area contributed by atoms with Gasteiger partial charge in [0.25, 0.3) is 0 Å². The molecule has 0 N–H and O–H groups in total. The van der Waals surface area contributed by atoms with Crippen LogP contribution >= 0.6 is 0 Å². The molecule has 0 saturated heterocycles. The molecule has 0 bridgehead atoms. The van der Waals surface area contributed by atoms with Gasteiger partial charge >= 0.3 is 5.69 Å². The molecule has 0 atom stereocenters. The number of benzene rings is 2. The highest BCUT2D eigenvalue weighted by molar-refractivity contribution is 5.48. The molecule has 6 heteroatoms. The lowest BCUT2D eigenvalue weighted by Crippen LogP contribution is -2.01. The van der Waals surface area contributed by atoms with Gasteiger partial charge in [-0.1, -0.05) is 24.3 Å². The Bertz CT molecular complexity index is 828. The predicted molar refractivity (Wildman–Crippen MR) is 85.7 cm³/mol. The van der Waals surface area contributed by atoms with Gasteiger partial charge in [0.05, 0.1) is 10.6 Å². The standard InChI is InChI=1S/C17H15N3O3/c1-13-7-8-16(20(21)22)17(11-13)23-12-14-9-10-19(18-14)15-5-3-2-4-6-15/h2-11H,12H2,1H3. The van der Waals surface area contributed by atoms with E-state index in [-0.39, 0.29) is 18.0 Å². The Balaban J connectivity index is 1.76. The number of hydrogen-bond acceptors (Lipinski definition) is 4. The van der Waals surface area contributed by atoms with Gasteiger partial charge in [-0.3, -0.25) is 10.1 Å². The highest BCUT2D eigenvalue weighted by Crippen LogP contribution is 2.28. The molecule has 3 rings (SSSR count). The van der Waals surface area contributed by atoms with Crippen molar-refractivity contribution in [2.24, 2.45) is 0 Å². The Kier molecular flexibility index (Phi) is 4.05. The molecule has 0 aliphatic rings. The molecule has 1 heterocycles. The fourth-order valence-corrected chi connectivity index (χ4v) is 2.20. The van der Waals surface area contributed by atoms with Gasteiger partial charge in [-0.25, -0.2) is 4.68 Å². The van der Waals surface area contributed by atoms with E-state index in [4.69, 9.17) is 4.74 Å². The molecule has 0 saturated carbocycles. The van der Waals surface area contributed by atoms with Crippen molar-refractivity contribution in [1.29, 1.82) is 0 Å². The lowest BCUT2D eigenvalue weighted by molar-refractivity contribution is -0.386. The molecule has 6 nitrogen and oxygen atoms in total. The van der Waals surface area contributed by atoms with E-state index in [1.54, 1.807) is 16.8 Å². The lowest BCUT2D eigenvalue weighted by atomic mass is 10.2. The first-order chi connectivity index (χ1) is 11.1. The third kappa shape index (κ3) is 3.37. The second-order valence-electron chi connectivity index (χ2n) is 5.10. The van der Waals surface area contributed by atoms with E-state index >= 15 is 0 Å². The number of nitro groups is 1. The zero-order chi connectivity index (χ0) is 16.2. The minimum absolute atomic E-state index is 0.0434. The van der Waals surface area contributed by atoms with Gasteiger partial charge in [-0.2, -0.15) is 5.10 Å². The van der Waals surface area contributed by atoms with Crippen molar-refractivity contribution in [2.75, 3.05) is 0 Å². The Morgan fingerprint density at radius 2 is 1.96 bits per heavy atom. The molecule has 1 aromatic heterocycles. The summed E-state index contributed by atoms with van der Waals surface area (Å²) in [5.41, 5.74) is 2.50. The smallest absolute Gasteiger partial charge is 0.310 e. The fourth-order valence-electron chi connectivity index (χ4n) is 2.20. The Hall–Kier alpha value is -3.15. The predicted octanol–water partition coefficient (Wildman–Crippen LogP) is 3.67. The van der Waals surface area contributed by atoms with Crippen LogP contribution in [0.4, 0.5) is 5.69 Å². The van der Waals surface area contributed by atoms with Crippen LogP contribution in [-0.4, -0.2) is 14.7 Å². The molecule has 3 aromatic rings. The maximum atomic E-state index is 11.0. The Labute approximate surface area is 133 Å². The molecule has 0 unspecified atom stereocenters. The maximum Gasteiger partial charge on any atom is 0.310 e. The number of para-hydroxylation sites is 1. The molecular weight excluding hydrogens is 294 g/mol. The molecule has 0 fully saturated rings. The quantitative estimate of drug-likeness (QED) is 0.532. The summed E-state index contributed by atoms with van der Waals surface area (Å²) >= 11 is 0. The average Bonchev–Trinajstić information content (AvgIpc) is 3.02. The van der Waals surface area contributed by atoms with Crippen molar-refractivity contribution in [2.45, 2.75) is 13.5 Å². The van der Waals surface area contributed by atoms with Crippen molar-refractivity contribution in [3.05, 3.63) is 82.2 Å². The molecule has 0 radical (unpaired) electrons. The van der Waals surface area contributed by atoms with E-state index in [0.29, 0.717) is 5.69 Å². The highest BCUT2D eigenvalue weighted by Gasteiger charge is 2.15. The van der Waals surface area contributed by atoms with Crippen molar-refractivity contribution < 1.29 is 9.66 Å². The van der Waals surface area contributed by atoms with Crippen molar-refractivity contribution in [3.8, 4) is 11.4 Å². The van der Waals surface area contributed by atoms with Crippen LogP contribution in [-0.2, 0) is 6.61 Å². The van der Waals surface area contributed by atoms with E-state index in [9.17, 15) is 10.1 Å². The van der Waals surface area contributed by atoms with Crippen molar-refractivity contribution in [3.63, 3.8) is 0 Å². The summed E-state index contributed by atoms with van der Waals surface area (Å²) in [6.45, 7) is 2.03. The maximum absolute atomic E-state index is 11.0. The molecule has 0 amide bonds. The molecule has 2 aromatic carbocycles. The van der Waals surface area contributed by atoms with Gasteiger partial charge in [0, 0.05) is 12.3 Å². The minimum Gasteiger partial charge on any atom is -0.480 e. The van der Waals surface area contributed by atoms with E-state index in [2.05, 4.69) is 5.10 Å². The van der Waals surface area contributed by atoms with Crippen LogP contribution in [0.1, 0.15) is 11.3 Å². The SMILES string of the molecule is Cc1ccc([N+](=O)[O-])c(OCc2ccn(-c3ccccc3)n2)c1. The molecular formula is C17H15N3O3. The summed E-state index contributed by atoms with van der Waals surface area (Å²) < 4.78 is 7.34. The van der Waals surface area contributed by atoms with Crippen molar-refractivity contribution in [1.82, 2.24) is 9.78 Å². The number of rotatable bonds is 5. The van der Waals surface area contributed by atoms with E-state index in [1.165, 1.54) is 6.07 Å². The number of ether oxygens (including phenoxy) is 1. The summed E-state index contributed by atoms with van der Waals surface area (Å²) in [4.78, 5) is 10.6. The fraction of sp³-hybridized carbons (Fsp3) is 0.118. The lowest BCUT2D eigenvalue weighted by Gasteiger charge is -2.06. The Morgan fingerprint density at radius 1 is 1.17 bits per heavy atom. The average molecular weight is 309 g/mol. The van der Waals surface area contributed by atoms with Crippen molar-refractivity contribution >= 4 is 5.69 Å². The van der Waals surface area contributed by atoms with Gasteiger partial charge in [-0.05, 0) is 36.8 Å².